The molecular weight excluding hydrogens is 258 g/mol. The van der Waals surface area contributed by atoms with Crippen molar-refractivity contribution >= 4 is 17.6 Å². The molecule has 1 aliphatic rings. The van der Waals surface area contributed by atoms with Crippen LogP contribution in [0.4, 0.5) is 5.69 Å². The number of aromatic nitrogens is 2. The molecule has 0 fully saturated rings. The first-order chi connectivity index (χ1) is 9.61. The standard InChI is InChI=1S/C14H13N3O3/c18-13-4-2-9-5-10(1-3-11(9)16-13)12-6-17(8-15-12)7-14(19)20/h1,3,5-6,8H,2,4,7H2,(H,16,18)(H,19,20). The number of aryl methyl sites for hydroxylation is 1. The number of hydrogen-bond acceptors (Lipinski definition) is 3. The number of fused-ring (bicyclic) bond motifs is 1. The molecule has 0 unspecified atom stereocenters. The highest BCUT2D eigenvalue weighted by molar-refractivity contribution is 5.94. The van der Waals surface area contributed by atoms with Gasteiger partial charge in [-0.2, -0.15) is 0 Å². The van der Waals surface area contributed by atoms with E-state index in [1.54, 1.807) is 6.20 Å². The molecule has 6 heteroatoms. The second-order valence-electron chi connectivity index (χ2n) is 4.75. The van der Waals surface area contributed by atoms with Gasteiger partial charge in [0.15, 0.2) is 0 Å². The van der Waals surface area contributed by atoms with Crippen LogP contribution in [0.2, 0.25) is 0 Å². The molecule has 0 atom stereocenters. The Morgan fingerprint density at radius 2 is 2.25 bits per heavy atom. The lowest BCUT2D eigenvalue weighted by atomic mass is 9.99. The van der Waals surface area contributed by atoms with Crippen LogP contribution in [0.25, 0.3) is 11.3 Å². The summed E-state index contributed by atoms with van der Waals surface area (Å²) in [4.78, 5) is 26.2. The summed E-state index contributed by atoms with van der Waals surface area (Å²) in [5, 5.41) is 11.6. The topological polar surface area (TPSA) is 84.2 Å². The Hall–Kier alpha value is -2.63. The maximum atomic E-state index is 11.3. The van der Waals surface area contributed by atoms with Gasteiger partial charge in [0.1, 0.15) is 6.54 Å². The van der Waals surface area contributed by atoms with Crippen molar-refractivity contribution in [2.75, 3.05) is 5.32 Å². The smallest absolute Gasteiger partial charge is 0.323 e. The molecule has 0 spiro atoms. The predicted molar refractivity (Wildman–Crippen MR) is 72.2 cm³/mol. The second kappa shape index (κ2) is 4.80. The quantitative estimate of drug-likeness (QED) is 0.886. The third-order valence-corrected chi connectivity index (χ3v) is 3.25. The fourth-order valence-electron chi connectivity index (χ4n) is 2.29. The van der Waals surface area contributed by atoms with Crippen molar-refractivity contribution in [2.24, 2.45) is 0 Å². The lowest BCUT2D eigenvalue weighted by molar-refractivity contribution is -0.137. The van der Waals surface area contributed by atoms with Crippen molar-refractivity contribution in [1.29, 1.82) is 0 Å². The molecule has 1 aromatic heterocycles. The maximum Gasteiger partial charge on any atom is 0.323 e. The van der Waals surface area contributed by atoms with E-state index in [9.17, 15) is 9.59 Å². The number of aliphatic carboxylic acids is 1. The molecule has 0 bridgehead atoms. The van der Waals surface area contributed by atoms with Crippen molar-refractivity contribution < 1.29 is 14.7 Å². The number of amides is 1. The van der Waals surface area contributed by atoms with Gasteiger partial charge in [0.25, 0.3) is 0 Å². The van der Waals surface area contributed by atoms with Crippen molar-refractivity contribution in [3.63, 3.8) is 0 Å². The van der Waals surface area contributed by atoms with E-state index in [1.165, 1.54) is 10.9 Å². The van der Waals surface area contributed by atoms with Gasteiger partial charge < -0.3 is 15.0 Å². The van der Waals surface area contributed by atoms with Gasteiger partial charge in [0, 0.05) is 23.9 Å². The second-order valence-corrected chi connectivity index (χ2v) is 4.75. The van der Waals surface area contributed by atoms with Gasteiger partial charge >= 0.3 is 5.97 Å². The molecule has 1 aliphatic heterocycles. The van der Waals surface area contributed by atoms with Crippen LogP contribution in [-0.4, -0.2) is 26.5 Å². The average molecular weight is 271 g/mol. The summed E-state index contributed by atoms with van der Waals surface area (Å²) >= 11 is 0. The lowest BCUT2D eigenvalue weighted by Crippen LogP contribution is -2.18. The summed E-state index contributed by atoms with van der Waals surface area (Å²) in [6, 6.07) is 5.72. The number of rotatable bonds is 3. The van der Waals surface area contributed by atoms with Gasteiger partial charge in [-0.1, -0.05) is 6.07 Å². The van der Waals surface area contributed by atoms with Crippen molar-refractivity contribution in [3.8, 4) is 11.3 Å². The number of anilines is 1. The number of benzene rings is 1. The van der Waals surface area contributed by atoms with Crippen LogP contribution in [0.3, 0.4) is 0 Å². The van der Waals surface area contributed by atoms with E-state index in [1.807, 2.05) is 18.2 Å². The zero-order valence-electron chi connectivity index (χ0n) is 10.7. The van der Waals surface area contributed by atoms with Crippen LogP contribution in [0.1, 0.15) is 12.0 Å². The Morgan fingerprint density at radius 3 is 3.05 bits per heavy atom. The summed E-state index contributed by atoms with van der Waals surface area (Å²) in [7, 11) is 0. The number of nitrogens with zero attached hydrogens (tertiary/aromatic N) is 2. The van der Waals surface area contributed by atoms with E-state index in [0.717, 1.165) is 22.5 Å². The fraction of sp³-hybridized carbons (Fsp3) is 0.214. The van der Waals surface area contributed by atoms with Crippen LogP contribution >= 0.6 is 0 Å². The summed E-state index contributed by atoms with van der Waals surface area (Å²) in [5.74, 6) is -0.863. The molecule has 0 saturated carbocycles. The summed E-state index contributed by atoms with van der Waals surface area (Å²) < 4.78 is 1.53. The first kappa shape index (κ1) is 12.4. The lowest BCUT2D eigenvalue weighted by Gasteiger charge is -2.17. The van der Waals surface area contributed by atoms with Crippen LogP contribution in [0.15, 0.2) is 30.7 Å². The van der Waals surface area contributed by atoms with E-state index in [4.69, 9.17) is 5.11 Å². The Kier molecular flexibility index (Phi) is 2.98. The number of carbonyl (C=O) groups excluding carboxylic acids is 1. The Morgan fingerprint density at radius 1 is 1.40 bits per heavy atom. The molecule has 3 rings (SSSR count). The van der Waals surface area contributed by atoms with Crippen molar-refractivity contribution in [2.45, 2.75) is 19.4 Å². The van der Waals surface area contributed by atoms with E-state index in [-0.39, 0.29) is 12.5 Å². The predicted octanol–water partition coefficient (Wildman–Crippen LogP) is 1.52. The Labute approximate surface area is 115 Å². The highest BCUT2D eigenvalue weighted by atomic mass is 16.4. The normalized spacial score (nSPS) is 13.7. The summed E-state index contributed by atoms with van der Waals surface area (Å²) in [6.07, 6.45) is 4.41. The largest absolute Gasteiger partial charge is 0.480 e. The molecule has 102 valence electrons. The average Bonchev–Trinajstić information content (AvgIpc) is 2.85. The van der Waals surface area contributed by atoms with Crippen molar-refractivity contribution in [3.05, 3.63) is 36.3 Å². The fourth-order valence-corrected chi connectivity index (χ4v) is 2.29. The highest BCUT2D eigenvalue weighted by Crippen LogP contribution is 2.27. The third kappa shape index (κ3) is 2.40. The number of carbonyl (C=O) groups is 2. The van der Waals surface area contributed by atoms with Crippen molar-refractivity contribution in [1.82, 2.24) is 9.55 Å². The van der Waals surface area contributed by atoms with Gasteiger partial charge in [-0.25, -0.2) is 4.98 Å². The maximum absolute atomic E-state index is 11.3. The molecular formula is C14H13N3O3. The number of hydrogen-bond donors (Lipinski definition) is 2. The molecule has 1 amide bonds. The van der Waals surface area contributed by atoms with E-state index < -0.39 is 5.97 Å². The molecule has 0 radical (unpaired) electrons. The van der Waals surface area contributed by atoms with E-state index >= 15 is 0 Å². The van der Waals surface area contributed by atoms with Gasteiger partial charge in [0.05, 0.1) is 12.0 Å². The molecule has 6 nitrogen and oxygen atoms in total. The molecule has 2 heterocycles. The van der Waals surface area contributed by atoms with Crippen LogP contribution < -0.4 is 5.32 Å². The number of imidazole rings is 1. The van der Waals surface area contributed by atoms with E-state index in [0.29, 0.717) is 12.8 Å². The van der Waals surface area contributed by atoms with Gasteiger partial charge in [0.2, 0.25) is 5.91 Å². The first-order valence-corrected chi connectivity index (χ1v) is 6.28. The number of carboxylic acids is 1. The molecule has 1 aromatic carbocycles. The minimum Gasteiger partial charge on any atom is -0.480 e. The molecule has 0 aliphatic carbocycles. The minimum atomic E-state index is -0.901. The van der Waals surface area contributed by atoms with Gasteiger partial charge in [-0.3, -0.25) is 9.59 Å². The Bertz CT molecular complexity index is 691. The molecule has 0 saturated heterocycles. The first-order valence-electron chi connectivity index (χ1n) is 6.28. The molecule has 2 N–H and O–H groups in total. The monoisotopic (exact) mass is 271 g/mol. The summed E-state index contributed by atoms with van der Waals surface area (Å²) in [6.45, 7) is -0.103. The van der Waals surface area contributed by atoms with Crippen LogP contribution in [0.5, 0.6) is 0 Å². The van der Waals surface area contributed by atoms with Gasteiger partial charge in [-0.15, -0.1) is 0 Å². The van der Waals surface area contributed by atoms with Crippen LogP contribution in [-0.2, 0) is 22.6 Å². The zero-order valence-corrected chi connectivity index (χ0v) is 10.7. The van der Waals surface area contributed by atoms with E-state index in [2.05, 4.69) is 10.3 Å². The third-order valence-electron chi connectivity index (χ3n) is 3.25. The molecule has 20 heavy (non-hydrogen) atoms. The minimum absolute atomic E-state index is 0.0380. The molecule has 2 aromatic rings. The number of carboxylic acid groups (broad SMARTS) is 1. The highest BCUT2D eigenvalue weighted by Gasteiger charge is 2.15. The van der Waals surface area contributed by atoms with Gasteiger partial charge in [-0.05, 0) is 24.1 Å². The van der Waals surface area contributed by atoms with Crippen LogP contribution in [0, 0.1) is 0 Å². The Balaban J connectivity index is 1.89. The zero-order chi connectivity index (χ0) is 14.1. The SMILES string of the molecule is O=C(O)Cn1cnc(-c2ccc3c(c2)CCC(=O)N3)c1. The number of nitrogens with one attached hydrogen (secondary N) is 1. The summed E-state index contributed by atoms with van der Waals surface area (Å²) in [5.41, 5.74) is 3.57.